The third kappa shape index (κ3) is 6.61. The van der Waals surface area contributed by atoms with Crippen LogP contribution in [0.15, 0.2) is 66.1 Å². The molecule has 2 aromatic heterocycles. The van der Waals surface area contributed by atoms with E-state index in [1.165, 1.54) is 0 Å². The van der Waals surface area contributed by atoms with Gasteiger partial charge >= 0.3 is 0 Å². The molecule has 2 aliphatic rings. The van der Waals surface area contributed by atoms with Gasteiger partial charge in [0.25, 0.3) is 0 Å². The largest absolute Gasteiger partial charge is 0.377 e. The molecule has 0 unspecified atom stereocenters. The number of thiazole rings is 1. The number of rotatable bonds is 8. The van der Waals surface area contributed by atoms with Crippen molar-refractivity contribution in [2.75, 3.05) is 23.7 Å². The second-order valence-electron chi connectivity index (χ2n) is 12.8. The second kappa shape index (κ2) is 12.9. The molecule has 2 aromatic carbocycles. The number of halogens is 1. The Balaban J connectivity index is 1.32. The molecule has 0 aliphatic carbocycles. The molecule has 0 saturated carbocycles. The number of terminal acetylenes is 1. The normalized spacial score (nSPS) is 17.4. The van der Waals surface area contributed by atoms with Crippen LogP contribution in [0.5, 0.6) is 0 Å². The lowest BCUT2D eigenvalue weighted by Gasteiger charge is -2.42. The topological polar surface area (TPSA) is 80.4 Å². The first-order valence-electron chi connectivity index (χ1n) is 15.5. The Morgan fingerprint density at radius 2 is 1.87 bits per heavy atom. The average molecular weight is 641 g/mol. The molecule has 0 bridgehead atoms. The Hall–Kier alpha value is -3.81. The number of piperidine rings is 1. The quantitative estimate of drug-likeness (QED) is 0.149. The molecule has 1 saturated heterocycles. The summed E-state index contributed by atoms with van der Waals surface area (Å²) < 4.78 is 0. The highest BCUT2D eigenvalue weighted by Crippen LogP contribution is 2.38. The Bertz CT molecular complexity index is 1730. The van der Waals surface area contributed by atoms with E-state index in [2.05, 4.69) is 99.5 Å². The third-order valence-corrected chi connectivity index (χ3v) is 10.1. The zero-order chi connectivity index (χ0) is 31.7. The molecule has 10 heteroatoms. The van der Waals surface area contributed by atoms with Crippen molar-refractivity contribution in [1.82, 2.24) is 30.8 Å². The highest BCUT2D eigenvalue weighted by molar-refractivity contribution is 7.09. The highest BCUT2D eigenvalue weighted by Gasteiger charge is 2.32. The van der Waals surface area contributed by atoms with Crippen LogP contribution in [0.2, 0.25) is 5.02 Å². The maximum atomic E-state index is 6.90. The van der Waals surface area contributed by atoms with Crippen LogP contribution in [-0.2, 0) is 0 Å². The number of hydrogen-bond acceptors (Lipinski definition) is 9. The monoisotopic (exact) mass is 640 g/mol. The molecule has 8 nitrogen and oxygen atoms in total. The molecule has 234 valence electrons. The fraction of sp³-hybridized carbons (Fsp3) is 0.371. The summed E-state index contributed by atoms with van der Waals surface area (Å²) in [6, 6.07) is 14.6. The van der Waals surface area contributed by atoms with Crippen molar-refractivity contribution < 1.29 is 0 Å². The first-order chi connectivity index (χ1) is 21.6. The van der Waals surface area contributed by atoms with E-state index in [9.17, 15) is 0 Å². The molecule has 2 aliphatic heterocycles. The van der Waals surface area contributed by atoms with Gasteiger partial charge in [-0.2, -0.15) is 0 Å². The van der Waals surface area contributed by atoms with Crippen molar-refractivity contribution in [3.63, 3.8) is 0 Å². The fourth-order valence-corrected chi connectivity index (χ4v) is 7.33. The molecule has 45 heavy (non-hydrogen) atoms. The number of nitrogens with one attached hydrogen (secondary N) is 4. The second-order valence-corrected chi connectivity index (χ2v) is 14.1. The van der Waals surface area contributed by atoms with Crippen molar-refractivity contribution in [1.29, 1.82) is 0 Å². The van der Waals surface area contributed by atoms with Gasteiger partial charge in [-0.1, -0.05) is 47.9 Å². The van der Waals surface area contributed by atoms with E-state index in [1.807, 2.05) is 36.7 Å². The Labute approximate surface area is 275 Å². The number of pyridine rings is 1. The minimum Gasteiger partial charge on any atom is -0.377 e. The summed E-state index contributed by atoms with van der Waals surface area (Å²) in [5, 5.41) is 11.1. The number of benzene rings is 2. The van der Waals surface area contributed by atoms with Gasteiger partial charge in [-0.25, -0.2) is 4.98 Å². The number of fused-ring (bicyclic) bond motifs is 1. The predicted molar refractivity (Wildman–Crippen MR) is 187 cm³/mol. The summed E-state index contributed by atoms with van der Waals surface area (Å²) in [6.45, 7) is 13.2. The maximum absolute atomic E-state index is 6.90. The number of hydrazine groups is 2. The van der Waals surface area contributed by atoms with E-state index in [4.69, 9.17) is 18.0 Å². The zero-order valence-corrected chi connectivity index (χ0v) is 28.1. The van der Waals surface area contributed by atoms with Gasteiger partial charge in [-0.05, 0) is 65.2 Å². The lowest BCUT2D eigenvalue weighted by molar-refractivity contribution is 0.0570. The van der Waals surface area contributed by atoms with E-state index in [1.54, 1.807) is 17.5 Å². The predicted octanol–water partition coefficient (Wildman–Crippen LogP) is 7.39. The van der Waals surface area contributed by atoms with E-state index < -0.39 is 0 Å². The molecule has 4 N–H and O–H groups in total. The van der Waals surface area contributed by atoms with Crippen molar-refractivity contribution in [3.05, 3.63) is 92.8 Å². The first kappa shape index (κ1) is 31.2. The summed E-state index contributed by atoms with van der Waals surface area (Å²) in [4.78, 5) is 12.9. The highest BCUT2D eigenvalue weighted by atomic mass is 35.5. The smallest absolute Gasteiger partial charge is 0.106 e. The first-order valence-corrected chi connectivity index (χ1v) is 16.7. The van der Waals surface area contributed by atoms with Gasteiger partial charge < -0.3 is 16.1 Å². The lowest BCUT2D eigenvalue weighted by atomic mass is 9.98. The van der Waals surface area contributed by atoms with Crippen LogP contribution in [0.3, 0.4) is 0 Å². The minimum atomic E-state index is -0.179. The summed E-state index contributed by atoms with van der Waals surface area (Å²) in [6.07, 6.45) is 12.1. The molecule has 0 radical (unpaired) electrons. The summed E-state index contributed by atoms with van der Waals surface area (Å²) >= 11 is 8.54. The zero-order valence-electron chi connectivity index (χ0n) is 26.5. The third-order valence-electron chi connectivity index (χ3n) is 8.82. The average Bonchev–Trinajstić information content (AvgIpc) is 3.70. The molecule has 0 spiro atoms. The van der Waals surface area contributed by atoms with Crippen LogP contribution < -0.4 is 21.6 Å². The van der Waals surface area contributed by atoms with Crippen LogP contribution in [0.25, 0.3) is 10.9 Å². The number of hydrogen-bond donors (Lipinski definition) is 4. The number of likely N-dealkylation sites (tertiary alicyclic amines) is 1. The van der Waals surface area contributed by atoms with Crippen LogP contribution in [-0.4, -0.2) is 44.5 Å². The van der Waals surface area contributed by atoms with E-state index >= 15 is 0 Å². The van der Waals surface area contributed by atoms with Gasteiger partial charge in [0.1, 0.15) is 6.04 Å². The summed E-state index contributed by atoms with van der Waals surface area (Å²) in [5.74, 6) is 2.81. The molecule has 2 atom stereocenters. The Morgan fingerprint density at radius 3 is 2.53 bits per heavy atom. The van der Waals surface area contributed by atoms with Gasteiger partial charge in [0.15, 0.2) is 0 Å². The van der Waals surface area contributed by atoms with Crippen LogP contribution in [0, 0.1) is 19.3 Å². The van der Waals surface area contributed by atoms with Gasteiger partial charge in [0, 0.05) is 54.2 Å². The standard InChI is InChI=1S/C35H41ClN8S/c1-7-24-19-37-32-28(31(24)39-22(2)25-11-9-8-10-12-25)17-26(18-29(32)36)40-33(34-23(3)38-21-45-34)30-20-44(42-41-30)27-13-15-43(16-14-27)35(4,5)6/h1,8-12,17-22,27,33,40-42H,13-16H2,2-6H3,(H,37,39)/t22-,33-/m1/s1. The number of anilines is 2. The minimum absolute atomic E-state index is 0.0204. The van der Waals surface area contributed by atoms with E-state index in [0.29, 0.717) is 22.1 Å². The molecule has 0 amide bonds. The summed E-state index contributed by atoms with van der Waals surface area (Å²) in [5.41, 5.74) is 15.2. The van der Waals surface area contributed by atoms with E-state index in [0.717, 1.165) is 64.5 Å². The summed E-state index contributed by atoms with van der Waals surface area (Å²) in [7, 11) is 0. The molecular formula is C35H41ClN8S. The van der Waals surface area contributed by atoms with Gasteiger partial charge in [-0.15, -0.1) is 23.3 Å². The SMILES string of the molecule is C#Cc1cnc2c(Cl)cc(N[C@H](C3=CN(C4CCN(C(C)(C)C)CC4)NN3)c3scnc3C)cc2c1N[C@H](C)c1ccccc1. The van der Waals surface area contributed by atoms with Crippen molar-refractivity contribution in [3.8, 4) is 12.3 Å². The van der Waals surface area contributed by atoms with Crippen molar-refractivity contribution >= 4 is 45.2 Å². The molecule has 1 fully saturated rings. The molecule has 4 heterocycles. The van der Waals surface area contributed by atoms with Gasteiger partial charge in [0.2, 0.25) is 0 Å². The Morgan fingerprint density at radius 1 is 1.11 bits per heavy atom. The van der Waals surface area contributed by atoms with Crippen LogP contribution >= 0.6 is 22.9 Å². The van der Waals surface area contributed by atoms with Gasteiger partial charge in [-0.3, -0.25) is 14.9 Å². The number of aryl methyl sites for hydroxylation is 1. The van der Waals surface area contributed by atoms with Crippen LogP contribution in [0.4, 0.5) is 11.4 Å². The Kier molecular flexibility index (Phi) is 8.94. The lowest BCUT2D eigenvalue weighted by Crippen LogP contribution is -2.52. The fourth-order valence-electron chi connectivity index (χ4n) is 6.19. The molecule has 4 aromatic rings. The number of nitrogens with zero attached hydrogens (tertiary/aromatic N) is 4. The molecule has 6 rings (SSSR count). The van der Waals surface area contributed by atoms with Crippen LogP contribution in [0.1, 0.15) is 74.3 Å². The van der Waals surface area contributed by atoms with Crippen molar-refractivity contribution in [2.24, 2.45) is 0 Å². The van der Waals surface area contributed by atoms with Gasteiger partial charge in [0.05, 0.1) is 43.6 Å². The van der Waals surface area contributed by atoms with E-state index in [-0.39, 0.29) is 17.6 Å². The van der Waals surface area contributed by atoms with Crippen molar-refractivity contribution in [2.45, 2.75) is 71.1 Å². The maximum Gasteiger partial charge on any atom is 0.106 e. The number of aromatic nitrogens is 2. The molecular weight excluding hydrogens is 600 g/mol.